The molecule has 0 amide bonds. The number of allylic oxidation sites excluding steroid dienone is 2. The van der Waals surface area contributed by atoms with Gasteiger partial charge in [0.05, 0.1) is 46.2 Å². The molecule has 0 heterocycles. The molecule has 10 nitrogen and oxygen atoms in total. The van der Waals surface area contributed by atoms with E-state index >= 15 is 0 Å². The molecule has 6 aromatic rings. The van der Waals surface area contributed by atoms with Gasteiger partial charge in [-0.15, -0.1) is 0 Å². The zero-order valence-electron chi connectivity index (χ0n) is 30.8. The fraction of sp³-hybridized carbons (Fsp3) is 0.0417. The molecule has 0 aliphatic heterocycles. The molecule has 0 unspecified atom stereocenters. The Labute approximate surface area is 339 Å². The number of fused-ring (bicyclic) bond motifs is 4. The molecule has 0 spiro atoms. The summed E-state index contributed by atoms with van der Waals surface area (Å²) in [6, 6.07) is 39.7. The van der Waals surface area contributed by atoms with Gasteiger partial charge in [-0.25, -0.2) is 38.2 Å². The molecule has 0 saturated carbocycles. The zero-order chi connectivity index (χ0) is 41.3. The van der Waals surface area contributed by atoms with Crippen LogP contribution in [-0.2, 0) is 22.7 Å². The van der Waals surface area contributed by atoms with Crippen molar-refractivity contribution in [2.75, 3.05) is 0 Å². The Morgan fingerprint density at radius 1 is 0.525 bits per heavy atom. The van der Waals surface area contributed by atoms with Crippen molar-refractivity contribution in [2.45, 2.75) is 22.6 Å². The molecule has 0 fully saturated rings. The molecule has 0 aromatic heterocycles. The fourth-order valence-electron chi connectivity index (χ4n) is 7.53. The minimum Gasteiger partial charge on any atom is -0.423 e. The number of carbonyl (C=O) groups is 2. The van der Waals surface area contributed by atoms with Gasteiger partial charge < -0.3 is 9.47 Å². The number of esters is 2. The Balaban J connectivity index is 0.992. The first kappa shape index (κ1) is 37.6. The van der Waals surface area contributed by atoms with Crippen molar-refractivity contribution in [3.05, 3.63) is 223 Å². The summed E-state index contributed by atoms with van der Waals surface area (Å²) in [4.78, 5) is 33.9. The number of benzene rings is 6. The Kier molecular flexibility index (Phi) is 9.74. The molecule has 59 heavy (non-hydrogen) atoms. The highest BCUT2D eigenvalue weighted by Crippen LogP contribution is 2.41. The van der Waals surface area contributed by atoms with Gasteiger partial charge in [0.2, 0.25) is 9.84 Å². The summed E-state index contributed by atoms with van der Waals surface area (Å²) < 4.78 is 38.6. The summed E-state index contributed by atoms with van der Waals surface area (Å²) in [6.07, 6.45) is 0.754. The maximum absolute atomic E-state index is 13.6. The van der Waals surface area contributed by atoms with Crippen molar-refractivity contribution in [3.8, 4) is 23.6 Å². The lowest BCUT2D eigenvalue weighted by atomic mass is 9.79. The van der Waals surface area contributed by atoms with Crippen LogP contribution in [0.25, 0.3) is 20.8 Å². The molecule has 6 aromatic carbocycles. The van der Waals surface area contributed by atoms with E-state index in [0.29, 0.717) is 46.2 Å². The van der Waals surface area contributed by atoms with Crippen molar-refractivity contribution >= 4 is 32.9 Å². The second-order valence-corrected chi connectivity index (χ2v) is 15.4. The molecule has 8 rings (SSSR count). The smallest absolute Gasteiger partial charge is 0.343 e. The predicted octanol–water partition coefficient (Wildman–Crippen LogP) is 9.17. The third-order valence-electron chi connectivity index (χ3n) is 10.2. The largest absolute Gasteiger partial charge is 0.423 e. The van der Waals surface area contributed by atoms with Gasteiger partial charge in [0.1, 0.15) is 11.5 Å². The van der Waals surface area contributed by atoms with E-state index in [4.69, 9.17) is 22.6 Å². The number of rotatable bonds is 6. The quantitative estimate of drug-likeness (QED) is 0.0703. The van der Waals surface area contributed by atoms with E-state index in [2.05, 4.69) is 9.69 Å². The Morgan fingerprint density at radius 3 is 1.27 bits per heavy atom. The summed E-state index contributed by atoms with van der Waals surface area (Å²) in [7, 11) is -4.05. The van der Waals surface area contributed by atoms with Crippen LogP contribution in [0.4, 0.5) is 0 Å². The molecular weight excluding hydrogens is 761 g/mol. The van der Waals surface area contributed by atoms with Crippen LogP contribution >= 0.6 is 0 Å². The monoisotopic (exact) mass is 786 g/mol. The molecule has 0 bridgehead atoms. The first-order chi connectivity index (χ1) is 28.7. The second kappa shape index (κ2) is 15.3. The summed E-state index contributed by atoms with van der Waals surface area (Å²) in [5.41, 5.74) is 6.88. The molecule has 2 aliphatic carbocycles. The molecule has 0 saturated heterocycles. The molecule has 0 atom stereocenters. The lowest BCUT2D eigenvalue weighted by Gasteiger charge is -2.24. The van der Waals surface area contributed by atoms with Crippen LogP contribution in [0.1, 0.15) is 65.2 Å². The van der Waals surface area contributed by atoms with Crippen LogP contribution in [0.15, 0.2) is 155 Å². The van der Waals surface area contributed by atoms with Crippen LogP contribution in [-0.4, -0.2) is 20.4 Å². The van der Waals surface area contributed by atoms with E-state index in [0.717, 1.165) is 22.3 Å². The van der Waals surface area contributed by atoms with Crippen molar-refractivity contribution in [3.63, 3.8) is 0 Å². The van der Waals surface area contributed by atoms with Gasteiger partial charge in [-0.05, 0) is 118 Å². The summed E-state index contributed by atoms with van der Waals surface area (Å²) in [5, 5.41) is 19.5. The first-order valence-corrected chi connectivity index (χ1v) is 19.5. The van der Waals surface area contributed by atoms with Gasteiger partial charge in [0.15, 0.2) is 0 Å². The van der Waals surface area contributed by atoms with E-state index in [9.17, 15) is 28.5 Å². The highest BCUT2D eigenvalue weighted by Gasteiger charge is 2.29. The maximum Gasteiger partial charge on any atom is 0.343 e. The van der Waals surface area contributed by atoms with Crippen molar-refractivity contribution in [1.29, 1.82) is 10.5 Å². The summed E-state index contributed by atoms with van der Waals surface area (Å²) in [6.45, 7) is 15.2. The van der Waals surface area contributed by atoms with E-state index in [1.807, 2.05) is 60.7 Å². The Hall–Kier alpha value is -8.35. The second-order valence-electron chi connectivity index (χ2n) is 13.5. The normalized spacial score (nSPS) is 13.9. The highest BCUT2D eigenvalue weighted by atomic mass is 32.2. The Bertz CT molecular complexity index is 2900. The van der Waals surface area contributed by atoms with Crippen LogP contribution in [0.2, 0.25) is 0 Å². The number of carbonyl (C=O) groups excluding carboxylic acids is 2. The fourth-order valence-corrected chi connectivity index (χ4v) is 8.79. The lowest BCUT2D eigenvalue weighted by molar-refractivity contribution is 0.0724. The Morgan fingerprint density at radius 2 is 0.898 bits per heavy atom. The van der Waals surface area contributed by atoms with Gasteiger partial charge in [-0.2, -0.15) is 0 Å². The number of sulfone groups is 1. The molecule has 2 aliphatic rings. The number of hydrogen-bond donors (Lipinski definition) is 0. The van der Waals surface area contributed by atoms with Crippen molar-refractivity contribution in [1.82, 2.24) is 0 Å². The molecule has 0 radical (unpaired) electrons. The van der Waals surface area contributed by atoms with Gasteiger partial charge in [0, 0.05) is 11.1 Å². The summed E-state index contributed by atoms with van der Waals surface area (Å²) >= 11 is 0. The standard InChI is InChI=1S/C48H26N4O6S/c1-51-43(27-49)45-35-11-5-3-9-29(35)25-41-37(45)13-7-15-39(41)47(53)57-31-17-21-33(22-18-31)59(55,56)34-23-19-32(20-24-34)58-48(54)40-16-8-14-38-42(40)26-30-10-4-6-12-36(30)46(38)44(28-50)52-2/h3-24H,25-26H2. The van der Waals surface area contributed by atoms with Gasteiger partial charge in [0.25, 0.3) is 11.4 Å². The molecule has 0 N–H and O–H groups in total. The third-order valence-corrected chi connectivity index (χ3v) is 12.0. The average molecular weight is 787 g/mol. The summed E-state index contributed by atoms with van der Waals surface area (Å²) in [5.74, 6) is -1.16. The van der Waals surface area contributed by atoms with Crippen LogP contribution in [0.3, 0.4) is 0 Å². The van der Waals surface area contributed by atoms with Crippen LogP contribution < -0.4 is 9.47 Å². The third kappa shape index (κ3) is 6.71. The first-order valence-electron chi connectivity index (χ1n) is 18.0. The van der Waals surface area contributed by atoms with Crippen LogP contribution in [0, 0.1) is 35.8 Å². The predicted molar refractivity (Wildman–Crippen MR) is 216 cm³/mol. The van der Waals surface area contributed by atoms with Crippen molar-refractivity contribution < 1.29 is 27.5 Å². The molecule has 11 heteroatoms. The van der Waals surface area contributed by atoms with E-state index < -0.39 is 21.8 Å². The van der Waals surface area contributed by atoms with Gasteiger partial charge in [-0.1, -0.05) is 72.8 Å². The highest BCUT2D eigenvalue weighted by molar-refractivity contribution is 7.91. The van der Waals surface area contributed by atoms with E-state index in [1.54, 1.807) is 36.4 Å². The zero-order valence-corrected chi connectivity index (χ0v) is 31.6. The number of hydrogen-bond acceptors (Lipinski definition) is 8. The minimum atomic E-state index is -4.05. The minimum absolute atomic E-state index is 0.0649. The van der Waals surface area contributed by atoms with Gasteiger partial charge in [-0.3, -0.25) is 0 Å². The average Bonchev–Trinajstić information content (AvgIpc) is 3.26. The topological polar surface area (TPSA) is 143 Å². The number of ether oxygens (including phenoxy) is 2. The van der Waals surface area contributed by atoms with E-state index in [-0.39, 0.29) is 43.8 Å². The van der Waals surface area contributed by atoms with Crippen LogP contribution in [0.5, 0.6) is 11.5 Å². The number of nitriles is 2. The van der Waals surface area contributed by atoms with Crippen molar-refractivity contribution in [2.24, 2.45) is 0 Å². The van der Waals surface area contributed by atoms with E-state index in [1.165, 1.54) is 48.5 Å². The molecule has 280 valence electrons. The number of nitrogens with zero attached hydrogens (tertiary/aromatic N) is 4. The SMILES string of the molecule is [C-]#[N+]C(C#N)=C1c2ccccc2Cc2c(C(=O)Oc3ccc(S(=O)(=O)c4ccc(OC(=O)c5cccc6c5Cc5ccccc5C6=C(C#N)[N+]#[C-])cc4)cc3)cccc21. The van der Waals surface area contributed by atoms with Gasteiger partial charge >= 0.3 is 11.9 Å². The lowest BCUT2D eigenvalue weighted by Crippen LogP contribution is -2.17. The maximum atomic E-state index is 13.6. The molecular formula is C48H26N4O6S.